The van der Waals surface area contributed by atoms with Gasteiger partial charge in [-0.1, -0.05) is 45.8 Å². The van der Waals surface area contributed by atoms with Crippen LogP contribution in [-0.2, 0) is 6.42 Å². The average Bonchev–Trinajstić information content (AvgIpc) is 2.41. The van der Waals surface area contributed by atoms with Crippen LogP contribution in [0.4, 0.5) is 4.39 Å². The first-order chi connectivity index (χ1) is 9.51. The molecule has 0 heterocycles. The molecule has 0 saturated carbocycles. The summed E-state index contributed by atoms with van der Waals surface area (Å²) in [5, 5.41) is 0. The second-order valence-corrected chi connectivity index (χ2v) is 6.63. The lowest BCUT2D eigenvalue weighted by molar-refractivity contribution is 0.405. The highest BCUT2D eigenvalue weighted by atomic mass is 79.9. The summed E-state index contributed by atoms with van der Waals surface area (Å²) in [7, 11) is 1.55. The summed E-state index contributed by atoms with van der Waals surface area (Å²) in [6.07, 6.45) is 0.816. The number of hydrogen-bond acceptors (Lipinski definition) is 1. The molecule has 4 heteroatoms. The van der Waals surface area contributed by atoms with Gasteiger partial charge in [-0.05, 0) is 40.9 Å². The quantitative estimate of drug-likeness (QED) is 0.607. The van der Waals surface area contributed by atoms with Gasteiger partial charge in [-0.2, -0.15) is 0 Å². The Kier molecular flexibility index (Phi) is 5.22. The highest BCUT2D eigenvalue weighted by Gasteiger charge is 2.16. The number of rotatable bonds is 4. The van der Waals surface area contributed by atoms with E-state index >= 15 is 0 Å². The van der Waals surface area contributed by atoms with Gasteiger partial charge in [0.1, 0.15) is 11.6 Å². The van der Waals surface area contributed by atoms with Gasteiger partial charge in [0.15, 0.2) is 0 Å². The molecule has 0 aromatic heterocycles. The molecular weight excluding hydrogens is 387 g/mol. The first-order valence-electron chi connectivity index (χ1n) is 6.24. The van der Waals surface area contributed by atoms with Gasteiger partial charge in [0.25, 0.3) is 0 Å². The van der Waals surface area contributed by atoms with Crippen LogP contribution in [0.25, 0.3) is 0 Å². The van der Waals surface area contributed by atoms with Gasteiger partial charge in [0.05, 0.1) is 11.6 Å². The molecule has 2 aromatic carbocycles. The van der Waals surface area contributed by atoms with Gasteiger partial charge in [-0.15, -0.1) is 0 Å². The Bertz CT molecular complexity index is 613. The third-order valence-electron chi connectivity index (χ3n) is 3.11. The average molecular weight is 402 g/mol. The Balaban J connectivity index is 2.29. The van der Waals surface area contributed by atoms with Crippen LogP contribution >= 0.6 is 31.9 Å². The van der Waals surface area contributed by atoms with Crippen molar-refractivity contribution in [3.8, 4) is 5.75 Å². The van der Waals surface area contributed by atoms with Crippen molar-refractivity contribution >= 4 is 31.9 Å². The first kappa shape index (κ1) is 15.5. The van der Waals surface area contributed by atoms with E-state index in [4.69, 9.17) is 4.74 Å². The molecule has 0 radical (unpaired) electrons. The molecule has 0 bridgehead atoms. The van der Waals surface area contributed by atoms with Crippen molar-refractivity contribution in [1.29, 1.82) is 0 Å². The van der Waals surface area contributed by atoms with Gasteiger partial charge < -0.3 is 4.74 Å². The zero-order chi connectivity index (χ0) is 14.7. The fourth-order valence-electron chi connectivity index (χ4n) is 2.12. The number of hydrogen-bond donors (Lipinski definition) is 0. The third kappa shape index (κ3) is 3.61. The van der Waals surface area contributed by atoms with Crippen molar-refractivity contribution in [2.24, 2.45) is 0 Å². The number of benzene rings is 2. The maximum absolute atomic E-state index is 13.5. The number of aryl methyl sites for hydroxylation is 1. The predicted molar refractivity (Wildman–Crippen MR) is 87.2 cm³/mol. The minimum atomic E-state index is -0.319. The molecule has 0 aliphatic rings. The van der Waals surface area contributed by atoms with Crippen LogP contribution in [0.15, 0.2) is 40.9 Å². The van der Waals surface area contributed by atoms with Crippen LogP contribution in [0.2, 0.25) is 0 Å². The molecule has 1 atom stereocenters. The number of ether oxygens (including phenoxy) is 1. The third-order valence-corrected chi connectivity index (χ3v) is 4.53. The molecule has 0 amide bonds. The highest BCUT2D eigenvalue weighted by Crippen LogP contribution is 2.37. The Hall–Kier alpha value is -0.870. The normalized spacial score (nSPS) is 12.2. The molecule has 1 nitrogen and oxygen atoms in total. The highest BCUT2D eigenvalue weighted by molar-refractivity contribution is 9.10. The minimum Gasteiger partial charge on any atom is -0.496 e. The van der Waals surface area contributed by atoms with E-state index in [0.717, 1.165) is 12.0 Å². The van der Waals surface area contributed by atoms with Gasteiger partial charge in [0, 0.05) is 16.5 Å². The Morgan fingerprint density at radius 2 is 2.00 bits per heavy atom. The molecule has 106 valence electrons. The lowest BCUT2D eigenvalue weighted by atomic mass is 10.0. The summed E-state index contributed by atoms with van der Waals surface area (Å²) in [4.78, 5) is 0.0659. The summed E-state index contributed by atoms with van der Waals surface area (Å²) in [5.41, 5.74) is 3.39. The SMILES string of the molecule is COc1cc(F)c(Br)cc1C(Br)Cc1cccc(C)c1. The standard InChI is InChI=1S/C16H15Br2FO/c1-10-4-3-5-11(6-10)7-13(17)12-8-14(18)15(19)9-16(12)20-2/h3-6,8-9,13H,7H2,1-2H3. The molecular formula is C16H15Br2FO. The van der Waals surface area contributed by atoms with E-state index in [9.17, 15) is 4.39 Å². The van der Waals surface area contributed by atoms with E-state index in [0.29, 0.717) is 10.2 Å². The Morgan fingerprint density at radius 1 is 1.25 bits per heavy atom. The van der Waals surface area contributed by atoms with Gasteiger partial charge in [-0.3, -0.25) is 0 Å². The van der Waals surface area contributed by atoms with Gasteiger partial charge in [-0.25, -0.2) is 4.39 Å². The van der Waals surface area contributed by atoms with Crippen LogP contribution in [0.1, 0.15) is 21.5 Å². The van der Waals surface area contributed by atoms with E-state index in [1.165, 1.54) is 17.2 Å². The van der Waals surface area contributed by atoms with E-state index < -0.39 is 0 Å². The van der Waals surface area contributed by atoms with Crippen molar-refractivity contribution < 1.29 is 9.13 Å². The number of halogens is 3. The summed E-state index contributed by atoms with van der Waals surface area (Å²) in [6.45, 7) is 2.07. The van der Waals surface area contributed by atoms with Crippen LogP contribution in [0, 0.1) is 12.7 Å². The molecule has 20 heavy (non-hydrogen) atoms. The Morgan fingerprint density at radius 3 is 2.65 bits per heavy atom. The summed E-state index contributed by atoms with van der Waals surface area (Å²) < 4.78 is 19.3. The molecule has 0 N–H and O–H groups in total. The van der Waals surface area contributed by atoms with Crippen LogP contribution in [-0.4, -0.2) is 7.11 Å². The lowest BCUT2D eigenvalue weighted by Crippen LogP contribution is -2.00. The topological polar surface area (TPSA) is 9.23 Å². The summed E-state index contributed by atoms with van der Waals surface area (Å²) >= 11 is 6.90. The molecule has 2 rings (SSSR count). The summed E-state index contributed by atoms with van der Waals surface area (Å²) in [5.74, 6) is 0.237. The van der Waals surface area contributed by atoms with Crippen LogP contribution in [0.3, 0.4) is 0 Å². The van der Waals surface area contributed by atoms with Crippen molar-refractivity contribution in [2.45, 2.75) is 18.2 Å². The Labute approximate surface area is 135 Å². The largest absolute Gasteiger partial charge is 0.496 e. The van der Waals surface area contributed by atoms with Crippen molar-refractivity contribution in [1.82, 2.24) is 0 Å². The lowest BCUT2D eigenvalue weighted by Gasteiger charge is -2.15. The number of methoxy groups -OCH3 is 1. The molecule has 0 fully saturated rings. The van der Waals surface area contributed by atoms with E-state index in [1.807, 2.05) is 6.07 Å². The fraction of sp³-hybridized carbons (Fsp3) is 0.250. The predicted octanol–water partition coefficient (Wildman–Crippen LogP) is 5.58. The van der Waals surface area contributed by atoms with E-state index in [-0.39, 0.29) is 10.6 Å². The van der Waals surface area contributed by atoms with Crippen LogP contribution < -0.4 is 4.74 Å². The molecule has 0 saturated heterocycles. The van der Waals surface area contributed by atoms with Crippen molar-refractivity contribution in [3.63, 3.8) is 0 Å². The van der Waals surface area contributed by atoms with Crippen molar-refractivity contribution in [3.05, 3.63) is 63.4 Å². The van der Waals surface area contributed by atoms with Crippen LogP contribution in [0.5, 0.6) is 5.75 Å². The first-order valence-corrected chi connectivity index (χ1v) is 7.94. The van der Waals surface area contributed by atoms with Gasteiger partial charge in [0.2, 0.25) is 0 Å². The molecule has 0 aliphatic carbocycles. The monoisotopic (exact) mass is 400 g/mol. The minimum absolute atomic E-state index is 0.0659. The molecule has 0 spiro atoms. The van der Waals surface area contributed by atoms with E-state index in [2.05, 4.69) is 57.0 Å². The number of alkyl halides is 1. The molecule has 1 unspecified atom stereocenters. The van der Waals surface area contributed by atoms with Gasteiger partial charge >= 0.3 is 0 Å². The second-order valence-electron chi connectivity index (χ2n) is 4.67. The smallest absolute Gasteiger partial charge is 0.141 e. The van der Waals surface area contributed by atoms with E-state index in [1.54, 1.807) is 13.2 Å². The zero-order valence-corrected chi connectivity index (χ0v) is 14.5. The van der Waals surface area contributed by atoms with Crippen molar-refractivity contribution in [2.75, 3.05) is 7.11 Å². The molecule has 2 aromatic rings. The molecule has 0 aliphatic heterocycles. The summed E-state index contributed by atoms with van der Waals surface area (Å²) in [6, 6.07) is 11.5. The maximum atomic E-state index is 13.5. The maximum Gasteiger partial charge on any atom is 0.141 e. The second kappa shape index (κ2) is 6.72. The zero-order valence-electron chi connectivity index (χ0n) is 11.3. The fourth-order valence-corrected chi connectivity index (χ4v) is 3.21.